The van der Waals surface area contributed by atoms with Gasteiger partial charge in [-0.2, -0.15) is 0 Å². The van der Waals surface area contributed by atoms with Crippen molar-refractivity contribution in [3.8, 4) is 5.75 Å². The Kier molecular flexibility index (Phi) is 3.72. The van der Waals surface area contributed by atoms with Gasteiger partial charge in [-0.15, -0.1) is 0 Å². The van der Waals surface area contributed by atoms with E-state index in [0.29, 0.717) is 5.56 Å². The summed E-state index contributed by atoms with van der Waals surface area (Å²) >= 11 is 6.75. The van der Waals surface area contributed by atoms with Crippen LogP contribution >= 0.6 is 31.9 Å². The highest BCUT2D eigenvalue weighted by Crippen LogP contribution is 2.38. The number of methoxy groups -OCH3 is 1. The molecule has 0 saturated carbocycles. The fourth-order valence-electron chi connectivity index (χ4n) is 1.39. The van der Waals surface area contributed by atoms with Crippen LogP contribution in [0.3, 0.4) is 0 Å². The molecule has 1 aromatic carbocycles. The molecule has 0 amide bonds. The lowest BCUT2D eigenvalue weighted by Gasteiger charge is -2.14. The van der Waals surface area contributed by atoms with Crippen molar-refractivity contribution in [2.24, 2.45) is 0 Å². The molecule has 0 aliphatic rings. The summed E-state index contributed by atoms with van der Waals surface area (Å²) in [5.74, 6) is 0.800. The number of rotatable bonds is 2. The molecule has 0 aliphatic carbocycles. The molecule has 0 radical (unpaired) electrons. The summed E-state index contributed by atoms with van der Waals surface area (Å²) in [6.07, 6.45) is 0.827. The molecule has 0 bridgehead atoms. The smallest absolute Gasteiger partial charge is 0.152 e. The van der Waals surface area contributed by atoms with E-state index in [9.17, 15) is 4.79 Å². The fourth-order valence-corrected chi connectivity index (χ4v) is 2.60. The van der Waals surface area contributed by atoms with Crippen LogP contribution in [-0.2, 0) is 0 Å². The molecule has 0 spiro atoms. The molecular formula is C10H10Br2O2. The topological polar surface area (TPSA) is 26.3 Å². The Labute approximate surface area is 99.9 Å². The van der Waals surface area contributed by atoms with Crippen LogP contribution in [0, 0.1) is 13.8 Å². The second-order valence-corrected chi connectivity index (χ2v) is 4.53. The predicted octanol–water partition coefficient (Wildman–Crippen LogP) is 3.65. The van der Waals surface area contributed by atoms with Gasteiger partial charge in [0.05, 0.1) is 7.11 Å². The van der Waals surface area contributed by atoms with Crippen molar-refractivity contribution in [2.45, 2.75) is 13.8 Å². The number of aldehydes is 1. The second kappa shape index (κ2) is 4.45. The number of carbonyl (C=O) groups excluding carboxylic acids is 1. The molecular weight excluding hydrogens is 312 g/mol. The number of hydrogen-bond acceptors (Lipinski definition) is 2. The molecule has 2 nitrogen and oxygen atoms in total. The predicted molar refractivity (Wildman–Crippen MR) is 63.3 cm³/mol. The third kappa shape index (κ3) is 1.73. The summed E-state index contributed by atoms with van der Waals surface area (Å²) in [5, 5.41) is 0. The van der Waals surface area contributed by atoms with Crippen LogP contribution in [0.1, 0.15) is 21.5 Å². The first-order chi connectivity index (χ1) is 6.54. The maximum Gasteiger partial charge on any atom is 0.152 e. The molecule has 0 saturated heterocycles. The molecule has 0 aromatic heterocycles. The van der Waals surface area contributed by atoms with Gasteiger partial charge in [-0.05, 0) is 45.7 Å². The highest BCUT2D eigenvalue weighted by atomic mass is 79.9. The fraction of sp³-hybridized carbons (Fsp3) is 0.300. The molecule has 0 N–H and O–H groups in total. The lowest BCUT2D eigenvalue weighted by molar-refractivity contribution is 0.112. The van der Waals surface area contributed by atoms with Crippen molar-refractivity contribution in [3.05, 3.63) is 25.6 Å². The summed E-state index contributed by atoms with van der Waals surface area (Å²) in [5.41, 5.74) is 2.51. The lowest BCUT2D eigenvalue weighted by atomic mass is 10.1. The van der Waals surface area contributed by atoms with Gasteiger partial charge in [-0.1, -0.05) is 0 Å². The number of benzene rings is 1. The molecule has 1 aromatic rings. The van der Waals surface area contributed by atoms with E-state index in [1.165, 1.54) is 0 Å². The first kappa shape index (κ1) is 11.7. The van der Waals surface area contributed by atoms with Gasteiger partial charge in [-0.3, -0.25) is 4.79 Å². The van der Waals surface area contributed by atoms with E-state index in [0.717, 1.165) is 32.1 Å². The second-order valence-electron chi connectivity index (χ2n) is 2.94. The van der Waals surface area contributed by atoms with Gasteiger partial charge in [0.1, 0.15) is 5.75 Å². The van der Waals surface area contributed by atoms with Crippen LogP contribution in [0.25, 0.3) is 0 Å². The molecule has 4 heteroatoms. The third-order valence-electron chi connectivity index (χ3n) is 2.13. The molecule has 14 heavy (non-hydrogen) atoms. The summed E-state index contributed by atoms with van der Waals surface area (Å²) in [4.78, 5) is 10.9. The van der Waals surface area contributed by atoms with E-state index >= 15 is 0 Å². The zero-order valence-electron chi connectivity index (χ0n) is 8.15. The van der Waals surface area contributed by atoms with E-state index in [-0.39, 0.29) is 0 Å². The van der Waals surface area contributed by atoms with Crippen molar-refractivity contribution >= 4 is 38.1 Å². The van der Waals surface area contributed by atoms with Gasteiger partial charge < -0.3 is 4.74 Å². The lowest BCUT2D eigenvalue weighted by Crippen LogP contribution is -1.98. The summed E-state index contributed by atoms with van der Waals surface area (Å²) in [7, 11) is 1.62. The van der Waals surface area contributed by atoms with E-state index in [4.69, 9.17) is 4.74 Å². The Hall–Kier alpha value is -0.350. The van der Waals surface area contributed by atoms with Gasteiger partial charge in [-0.25, -0.2) is 0 Å². The molecule has 0 aliphatic heterocycles. The molecule has 0 atom stereocenters. The summed E-state index contributed by atoms with van der Waals surface area (Å²) < 4.78 is 6.82. The molecule has 0 unspecified atom stereocenters. The minimum atomic E-state index is 0.626. The standard InChI is InChI=1S/C10H10Br2O2/c1-5-8(11)7(4-13)9(12)6(2)10(5)14-3/h4H,1-3H3. The molecule has 0 heterocycles. The summed E-state index contributed by atoms with van der Waals surface area (Å²) in [6.45, 7) is 3.82. The summed E-state index contributed by atoms with van der Waals surface area (Å²) in [6, 6.07) is 0. The van der Waals surface area contributed by atoms with Crippen molar-refractivity contribution in [2.75, 3.05) is 7.11 Å². The zero-order chi connectivity index (χ0) is 10.9. The Morgan fingerprint density at radius 3 is 1.86 bits per heavy atom. The third-order valence-corrected chi connectivity index (χ3v) is 4.18. The SMILES string of the molecule is COc1c(C)c(Br)c(C=O)c(Br)c1C. The first-order valence-electron chi connectivity index (χ1n) is 4.01. The van der Waals surface area contributed by atoms with Crippen LogP contribution < -0.4 is 4.74 Å². The number of hydrogen-bond donors (Lipinski definition) is 0. The first-order valence-corrected chi connectivity index (χ1v) is 5.60. The Bertz CT molecular complexity index is 357. The average Bonchev–Trinajstić information content (AvgIpc) is 2.17. The average molecular weight is 322 g/mol. The van der Waals surface area contributed by atoms with Crippen molar-refractivity contribution in [3.63, 3.8) is 0 Å². The highest BCUT2D eigenvalue weighted by Gasteiger charge is 2.16. The van der Waals surface area contributed by atoms with Crippen molar-refractivity contribution in [1.29, 1.82) is 0 Å². The van der Waals surface area contributed by atoms with Gasteiger partial charge >= 0.3 is 0 Å². The van der Waals surface area contributed by atoms with Crippen LogP contribution in [-0.4, -0.2) is 13.4 Å². The largest absolute Gasteiger partial charge is 0.496 e. The van der Waals surface area contributed by atoms with Crippen molar-refractivity contribution < 1.29 is 9.53 Å². The van der Waals surface area contributed by atoms with Gasteiger partial charge in [0.15, 0.2) is 6.29 Å². The molecule has 1 rings (SSSR count). The monoisotopic (exact) mass is 320 g/mol. The van der Waals surface area contributed by atoms with Crippen LogP contribution in [0.15, 0.2) is 8.95 Å². The number of carbonyl (C=O) groups is 1. The Morgan fingerprint density at radius 1 is 1.14 bits per heavy atom. The van der Waals surface area contributed by atoms with Crippen LogP contribution in [0.4, 0.5) is 0 Å². The van der Waals surface area contributed by atoms with Crippen molar-refractivity contribution in [1.82, 2.24) is 0 Å². The minimum Gasteiger partial charge on any atom is -0.496 e. The van der Waals surface area contributed by atoms with Crippen LogP contribution in [0.5, 0.6) is 5.75 Å². The van der Waals surface area contributed by atoms with Gasteiger partial charge in [0, 0.05) is 25.6 Å². The molecule has 0 fully saturated rings. The Balaban J connectivity index is 3.63. The van der Waals surface area contributed by atoms with E-state index in [1.54, 1.807) is 7.11 Å². The minimum absolute atomic E-state index is 0.626. The zero-order valence-corrected chi connectivity index (χ0v) is 11.3. The maximum atomic E-state index is 10.9. The number of halogens is 2. The normalized spacial score (nSPS) is 10.1. The van der Waals surface area contributed by atoms with E-state index in [1.807, 2.05) is 13.8 Å². The van der Waals surface area contributed by atoms with E-state index in [2.05, 4.69) is 31.9 Å². The van der Waals surface area contributed by atoms with E-state index < -0.39 is 0 Å². The quantitative estimate of drug-likeness (QED) is 0.777. The van der Waals surface area contributed by atoms with Gasteiger partial charge in [0.25, 0.3) is 0 Å². The Morgan fingerprint density at radius 2 is 1.57 bits per heavy atom. The van der Waals surface area contributed by atoms with Crippen LogP contribution in [0.2, 0.25) is 0 Å². The molecule has 76 valence electrons. The highest BCUT2D eigenvalue weighted by molar-refractivity contribution is 9.11. The number of ether oxygens (including phenoxy) is 1. The maximum absolute atomic E-state index is 10.9. The van der Waals surface area contributed by atoms with Gasteiger partial charge in [0.2, 0.25) is 0 Å².